The van der Waals surface area contributed by atoms with Gasteiger partial charge in [-0.15, -0.1) is 19.3 Å². The summed E-state index contributed by atoms with van der Waals surface area (Å²) in [5.41, 5.74) is 0.631. The lowest BCUT2D eigenvalue weighted by Crippen LogP contribution is -2.51. The van der Waals surface area contributed by atoms with Crippen molar-refractivity contribution in [3.05, 3.63) is 48.6 Å². The summed E-state index contributed by atoms with van der Waals surface area (Å²) in [5.74, 6) is 3.47. The molecule has 1 N–H and O–H groups in total. The van der Waals surface area contributed by atoms with E-state index in [4.69, 9.17) is 14.2 Å². The highest BCUT2D eigenvalue weighted by atomic mass is 16.5. The average molecular weight is 499 g/mol. The second-order valence-electron chi connectivity index (χ2n) is 7.90. The van der Waals surface area contributed by atoms with Crippen molar-refractivity contribution in [3.63, 3.8) is 0 Å². The van der Waals surface area contributed by atoms with Crippen molar-refractivity contribution in [1.29, 1.82) is 0 Å². The zero-order chi connectivity index (χ0) is 27.8. The number of benzene rings is 1. The number of carbonyl (C=O) groups is 1. The first-order valence-electron chi connectivity index (χ1n) is 12.2. The number of rotatable bonds is 9. The molecule has 1 atom stereocenters. The van der Waals surface area contributed by atoms with E-state index >= 15 is 0 Å². The predicted octanol–water partition coefficient (Wildman–Crippen LogP) is 5.35. The SMILES string of the molecule is C#C.C#CC=C.C/C=C\C.COCCCOc1cc(C(=O)N(C(C)C)[C@@H]2CCCNC2)ccc1OC. The molecule has 0 saturated carbocycles. The molecule has 0 bridgehead atoms. The fourth-order valence-corrected chi connectivity index (χ4v) is 3.35. The minimum atomic E-state index is 0.0399. The molecule has 1 heterocycles. The van der Waals surface area contributed by atoms with Crippen molar-refractivity contribution in [3.8, 4) is 36.7 Å². The highest BCUT2D eigenvalue weighted by molar-refractivity contribution is 5.95. The largest absolute Gasteiger partial charge is 0.493 e. The molecule has 1 aromatic carbocycles. The first-order valence-corrected chi connectivity index (χ1v) is 12.2. The Kier molecular flexibility index (Phi) is 22.9. The van der Waals surface area contributed by atoms with Gasteiger partial charge >= 0.3 is 0 Å². The first kappa shape index (κ1) is 35.0. The maximum atomic E-state index is 13.2. The number of methoxy groups -OCH3 is 2. The van der Waals surface area contributed by atoms with Crippen LogP contribution in [0.2, 0.25) is 0 Å². The number of hydrogen-bond acceptors (Lipinski definition) is 5. The van der Waals surface area contributed by atoms with Crippen molar-refractivity contribution >= 4 is 5.91 Å². The van der Waals surface area contributed by atoms with E-state index in [0.29, 0.717) is 30.3 Å². The van der Waals surface area contributed by atoms with Crippen LogP contribution in [0.4, 0.5) is 0 Å². The Morgan fingerprint density at radius 1 is 1.22 bits per heavy atom. The number of allylic oxidation sites excluding steroid dienone is 3. The van der Waals surface area contributed by atoms with Gasteiger partial charge in [0.15, 0.2) is 11.5 Å². The Morgan fingerprint density at radius 3 is 2.31 bits per heavy atom. The number of nitrogens with one attached hydrogen (secondary N) is 1. The average Bonchev–Trinajstić information content (AvgIpc) is 2.92. The molecule has 1 aromatic rings. The van der Waals surface area contributed by atoms with Gasteiger partial charge in [-0.25, -0.2) is 0 Å². The summed E-state index contributed by atoms with van der Waals surface area (Å²) in [7, 11) is 3.27. The van der Waals surface area contributed by atoms with Gasteiger partial charge in [-0.05, 0) is 71.4 Å². The quantitative estimate of drug-likeness (QED) is 0.283. The van der Waals surface area contributed by atoms with E-state index in [1.807, 2.05) is 37.0 Å². The van der Waals surface area contributed by atoms with Crippen LogP contribution in [0.1, 0.15) is 57.3 Å². The van der Waals surface area contributed by atoms with Gasteiger partial charge in [-0.1, -0.05) is 24.7 Å². The van der Waals surface area contributed by atoms with E-state index in [0.717, 1.165) is 32.4 Å². The van der Waals surface area contributed by atoms with Gasteiger partial charge in [-0.2, -0.15) is 0 Å². The topological polar surface area (TPSA) is 60.0 Å². The molecule has 1 aliphatic rings. The van der Waals surface area contributed by atoms with E-state index in [1.54, 1.807) is 26.4 Å². The molecule has 0 radical (unpaired) electrons. The molecule has 1 saturated heterocycles. The van der Waals surface area contributed by atoms with Crippen LogP contribution in [0.5, 0.6) is 11.5 Å². The number of amides is 1. The van der Waals surface area contributed by atoms with E-state index in [1.165, 1.54) is 6.08 Å². The highest BCUT2D eigenvalue weighted by Crippen LogP contribution is 2.29. The third-order valence-electron chi connectivity index (χ3n) is 5.07. The molecule has 1 fully saturated rings. The fourth-order valence-electron chi connectivity index (χ4n) is 3.35. The van der Waals surface area contributed by atoms with Crippen LogP contribution < -0.4 is 14.8 Å². The first-order chi connectivity index (χ1) is 17.4. The van der Waals surface area contributed by atoms with Crippen LogP contribution in [0.25, 0.3) is 0 Å². The molecule has 1 amide bonds. The Hall–Kier alpha value is -3.19. The normalized spacial score (nSPS) is 13.9. The molecular weight excluding hydrogens is 452 g/mol. The molecule has 0 unspecified atom stereocenters. The standard InChI is InChI=1S/C20H32N2O4.C4H8.C4H4.C2H2/c1-15(2)22(17-7-5-10-21-14-17)20(23)16-8-9-18(25-4)19(13-16)26-12-6-11-24-3;2*1-3-4-2;1-2/h8-9,13,15,17,21H,5-7,10-12,14H2,1-4H3;3-4H,1-2H3;1,4H,2H2;1-2H/b;4-3-;;/t17-;;;/m1.../s1. The molecule has 1 aliphatic heterocycles. The van der Waals surface area contributed by atoms with E-state index in [-0.39, 0.29) is 18.0 Å². The Balaban J connectivity index is 0. The van der Waals surface area contributed by atoms with Crippen LogP contribution in [0.15, 0.2) is 43.0 Å². The van der Waals surface area contributed by atoms with Crippen molar-refractivity contribution in [1.82, 2.24) is 10.2 Å². The van der Waals surface area contributed by atoms with Gasteiger partial charge < -0.3 is 24.4 Å². The minimum absolute atomic E-state index is 0.0399. The van der Waals surface area contributed by atoms with Gasteiger partial charge in [0.25, 0.3) is 5.91 Å². The number of piperidine rings is 1. The number of ether oxygens (including phenoxy) is 3. The molecule has 6 heteroatoms. The summed E-state index contributed by atoms with van der Waals surface area (Å²) in [6.07, 6.45) is 21.0. The maximum absolute atomic E-state index is 13.2. The Labute approximate surface area is 220 Å². The van der Waals surface area contributed by atoms with Crippen LogP contribution in [0, 0.1) is 25.2 Å². The predicted molar refractivity (Wildman–Crippen MR) is 152 cm³/mol. The van der Waals surface area contributed by atoms with E-state index in [9.17, 15) is 4.79 Å². The highest BCUT2D eigenvalue weighted by Gasteiger charge is 2.28. The molecule has 0 aliphatic carbocycles. The van der Waals surface area contributed by atoms with Gasteiger partial charge in [0.1, 0.15) is 0 Å². The molecule has 6 nitrogen and oxygen atoms in total. The zero-order valence-electron chi connectivity index (χ0n) is 23.1. The van der Waals surface area contributed by atoms with Crippen LogP contribution in [-0.4, -0.2) is 63.4 Å². The smallest absolute Gasteiger partial charge is 0.254 e. The summed E-state index contributed by atoms with van der Waals surface area (Å²) >= 11 is 0. The summed E-state index contributed by atoms with van der Waals surface area (Å²) in [4.78, 5) is 15.2. The Bertz CT molecular complexity index is 799. The number of carbonyl (C=O) groups excluding carboxylic acids is 1. The van der Waals surface area contributed by atoms with Gasteiger partial charge in [-0.3, -0.25) is 4.79 Å². The summed E-state index contributed by atoms with van der Waals surface area (Å²) < 4.78 is 16.2. The molecule has 0 aromatic heterocycles. The number of nitrogens with zero attached hydrogens (tertiary/aromatic N) is 1. The Morgan fingerprint density at radius 2 is 1.86 bits per heavy atom. The second-order valence-corrected chi connectivity index (χ2v) is 7.90. The lowest BCUT2D eigenvalue weighted by atomic mass is 10.0. The zero-order valence-corrected chi connectivity index (χ0v) is 23.1. The van der Waals surface area contributed by atoms with Gasteiger partial charge in [0.2, 0.25) is 0 Å². The van der Waals surface area contributed by atoms with E-state index < -0.39 is 0 Å². The third-order valence-corrected chi connectivity index (χ3v) is 5.07. The van der Waals surface area contributed by atoms with Crippen molar-refractivity contribution < 1.29 is 19.0 Å². The fraction of sp³-hybridized carbons (Fsp3) is 0.500. The number of hydrogen-bond donors (Lipinski definition) is 1. The van der Waals surface area contributed by atoms with Crippen molar-refractivity contribution in [2.24, 2.45) is 0 Å². The van der Waals surface area contributed by atoms with Crippen LogP contribution in [-0.2, 0) is 4.74 Å². The molecular formula is C30H46N2O4. The summed E-state index contributed by atoms with van der Waals surface area (Å²) in [5, 5.41) is 3.40. The van der Waals surface area contributed by atoms with Crippen LogP contribution in [0.3, 0.4) is 0 Å². The molecule has 36 heavy (non-hydrogen) atoms. The molecule has 2 rings (SSSR count). The monoisotopic (exact) mass is 498 g/mol. The number of terminal acetylenes is 2. The van der Waals surface area contributed by atoms with Crippen molar-refractivity contribution in [2.75, 3.05) is 40.5 Å². The van der Waals surface area contributed by atoms with Gasteiger partial charge in [0, 0.05) is 44.3 Å². The summed E-state index contributed by atoms with van der Waals surface area (Å²) in [6.45, 7) is 14.4. The second kappa shape index (κ2) is 23.5. The molecule has 0 spiro atoms. The van der Waals surface area contributed by atoms with E-state index in [2.05, 4.69) is 50.9 Å². The van der Waals surface area contributed by atoms with Crippen LogP contribution >= 0.6 is 0 Å². The maximum Gasteiger partial charge on any atom is 0.254 e. The molecule has 200 valence electrons. The van der Waals surface area contributed by atoms with Gasteiger partial charge in [0.05, 0.1) is 13.7 Å². The lowest BCUT2D eigenvalue weighted by molar-refractivity contribution is 0.0573. The minimum Gasteiger partial charge on any atom is -0.493 e. The lowest BCUT2D eigenvalue weighted by Gasteiger charge is -2.37. The summed E-state index contributed by atoms with van der Waals surface area (Å²) in [6, 6.07) is 5.77. The van der Waals surface area contributed by atoms with Crippen molar-refractivity contribution in [2.45, 2.75) is 59.0 Å². The third kappa shape index (κ3) is 14.3.